The maximum atomic E-state index is 14.1. The number of sulfonamides is 1. The van der Waals surface area contributed by atoms with E-state index in [-0.39, 0.29) is 54.4 Å². The molecule has 11 nitrogen and oxygen atoms in total. The molecule has 3 rings (SSSR count). The molecule has 256 valence electrons. The van der Waals surface area contributed by atoms with Crippen molar-refractivity contribution in [1.82, 2.24) is 9.80 Å². The number of carbonyl (C=O) groups is 2. The zero-order chi connectivity index (χ0) is 34.2. The van der Waals surface area contributed by atoms with Crippen molar-refractivity contribution < 1.29 is 45.8 Å². The number of urea groups is 1. The molecular formula is C31H43F3N4O7S. The van der Waals surface area contributed by atoms with E-state index in [1.54, 1.807) is 13.0 Å². The van der Waals surface area contributed by atoms with Crippen molar-refractivity contribution in [2.75, 3.05) is 49.6 Å². The Labute approximate surface area is 268 Å². The highest BCUT2D eigenvalue weighted by Gasteiger charge is 2.32. The average Bonchev–Trinajstić information content (AvgIpc) is 2.97. The smallest absolute Gasteiger partial charge is 0.416 e. The number of aliphatic hydroxyl groups excluding tert-OH is 1. The number of nitrogens with one attached hydrogen (secondary N) is 2. The Balaban J connectivity index is 1.87. The van der Waals surface area contributed by atoms with E-state index in [0.717, 1.165) is 24.8 Å². The van der Waals surface area contributed by atoms with Crippen LogP contribution in [0.1, 0.15) is 56.0 Å². The number of anilines is 2. The van der Waals surface area contributed by atoms with Crippen molar-refractivity contribution in [1.29, 1.82) is 0 Å². The van der Waals surface area contributed by atoms with Gasteiger partial charge in [0.05, 0.1) is 42.2 Å². The van der Waals surface area contributed by atoms with Gasteiger partial charge in [-0.1, -0.05) is 6.92 Å². The number of ether oxygens (including phenoxy) is 2. The van der Waals surface area contributed by atoms with Crippen LogP contribution in [0.15, 0.2) is 42.5 Å². The molecule has 4 atom stereocenters. The summed E-state index contributed by atoms with van der Waals surface area (Å²) < 4.78 is 77.3. The number of likely N-dealkylation sites (N-methyl/N-ethyl adjacent to an activating group) is 1. The number of aliphatic hydroxyl groups is 1. The second kappa shape index (κ2) is 15.8. The van der Waals surface area contributed by atoms with Gasteiger partial charge in [0.15, 0.2) is 0 Å². The Morgan fingerprint density at radius 1 is 1.13 bits per heavy atom. The average molecular weight is 673 g/mol. The van der Waals surface area contributed by atoms with Crippen molar-refractivity contribution in [3.05, 3.63) is 53.6 Å². The van der Waals surface area contributed by atoms with Gasteiger partial charge in [-0.2, -0.15) is 13.2 Å². The van der Waals surface area contributed by atoms with Crippen molar-refractivity contribution in [3.8, 4) is 5.75 Å². The van der Waals surface area contributed by atoms with Crippen LogP contribution in [-0.2, 0) is 20.9 Å². The molecule has 0 spiro atoms. The van der Waals surface area contributed by atoms with E-state index in [0.29, 0.717) is 19.4 Å². The monoisotopic (exact) mass is 672 g/mol. The predicted molar refractivity (Wildman–Crippen MR) is 168 cm³/mol. The van der Waals surface area contributed by atoms with Gasteiger partial charge in [0.1, 0.15) is 5.75 Å². The molecule has 2 aromatic carbocycles. The van der Waals surface area contributed by atoms with E-state index >= 15 is 0 Å². The number of rotatable bonds is 7. The molecule has 46 heavy (non-hydrogen) atoms. The van der Waals surface area contributed by atoms with Gasteiger partial charge in [-0.3, -0.25) is 9.52 Å². The van der Waals surface area contributed by atoms with Gasteiger partial charge in [-0.05, 0) is 75.6 Å². The van der Waals surface area contributed by atoms with Crippen molar-refractivity contribution in [2.24, 2.45) is 5.92 Å². The summed E-state index contributed by atoms with van der Waals surface area (Å²) in [6.07, 6.45) is -2.24. The zero-order valence-electron chi connectivity index (χ0n) is 26.6. The number of nitrogens with zero attached hydrogens (tertiary/aromatic N) is 2. The first-order valence-electron chi connectivity index (χ1n) is 15.0. The number of halogens is 3. The first-order valence-corrected chi connectivity index (χ1v) is 16.9. The lowest BCUT2D eigenvalue weighted by Crippen LogP contribution is -2.48. The molecular weight excluding hydrogens is 629 g/mol. The van der Waals surface area contributed by atoms with Gasteiger partial charge >= 0.3 is 12.2 Å². The molecule has 0 aromatic heterocycles. The fraction of sp³-hybridized carbons (Fsp3) is 0.548. The highest BCUT2D eigenvalue weighted by atomic mass is 32.2. The number of hydrogen-bond acceptors (Lipinski definition) is 7. The first kappa shape index (κ1) is 36.9. The fourth-order valence-corrected chi connectivity index (χ4v) is 5.53. The van der Waals surface area contributed by atoms with E-state index < -0.39 is 45.8 Å². The number of carbonyl (C=O) groups excluding carboxylic acids is 2. The highest BCUT2D eigenvalue weighted by molar-refractivity contribution is 7.92. The van der Waals surface area contributed by atoms with E-state index in [9.17, 15) is 36.3 Å². The number of fused-ring (bicyclic) bond motifs is 1. The number of amides is 3. The molecule has 0 aliphatic carbocycles. The largest absolute Gasteiger partial charge is 0.490 e. The molecule has 0 saturated heterocycles. The molecule has 0 saturated carbocycles. The highest BCUT2D eigenvalue weighted by Crippen LogP contribution is 2.31. The van der Waals surface area contributed by atoms with Gasteiger partial charge in [0.2, 0.25) is 10.0 Å². The maximum Gasteiger partial charge on any atom is 0.416 e. The molecule has 3 amide bonds. The normalized spacial score (nSPS) is 20.9. The Morgan fingerprint density at radius 3 is 2.39 bits per heavy atom. The lowest BCUT2D eigenvalue weighted by atomic mass is 10.0. The summed E-state index contributed by atoms with van der Waals surface area (Å²) in [5, 5.41) is 12.7. The summed E-state index contributed by atoms with van der Waals surface area (Å²) in [4.78, 5) is 29.9. The van der Waals surface area contributed by atoms with Crippen molar-refractivity contribution in [2.45, 2.75) is 64.5 Å². The molecule has 3 N–H and O–H groups in total. The van der Waals surface area contributed by atoms with Crippen LogP contribution in [0.5, 0.6) is 5.75 Å². The van der Waals surface area contributed by atoms with Gasteiger partial charge < -0.3 is 29.7 Å². The lowest BCUT2D eigenvalue weighted by molar-refractivity contribution is -0.137. The summed E-state index contributed by atoms with van der Waals surface area (Å²) in [5.41, 5.74) is -0.337. The molecule has 0 unspecified atom stereocenters. The van der Waals surface area contributed by atoms with Gasteiger partial charge in [-0.15, -0.1) is 0 Å². The molecule has 0 bridgehead atoms. The number of benzene rings is 2. The Bertz CT molecular complexity index is 1440. The van der Waals surface area contributed by atoms with Gasteiger partial charge in [-0.25, -0.2) is 13.2 Å². The third-order valence-electron chi connectivity index (χ3n) is 7.62. The molecule has 1 aliphatic rings. The van der Waals surface area contributed by atoms with E-state index in [4.69, 9.17) is 9.47 Å². The fourth-order valence-electron chi connectivity index (χ4n) is 4.98. The lowest BCUT2D eigenvalue weighted by Gasteiger charge is -2.35. The standard InChI is InChI=1S/C31H43F3N4O7S/c1-20-17-38(21(2)19-39)29(40)26-16-25(36-46(5,42)43)13-14-27(26)45-22(3)8-6-7-15-44-28(20)18-37(4)30(41)35-24-11-9-23(10-12-24)31(32,33)34/h9-14,16,20-22,28,36,39H,6-8,15,17-19H2,1-5H3,(H,35,41)/t20-,21+,22+,28+/m0/s1. The maximum absolute atomic E-state index is 14.1. The van der Waals surface area contributed by atoms with E-state index in [2.05, 4.69) is 10.0 Å². The van der Waals surface area contributed by atoms with E-state index in [1.807, 2.05) is 13.8 Å². The molecule has 2 aromatic rings. The minimum Gasteiger partial charge on any atom is -0.490 e. The SMILES string of the molecule is C[C@@H]1CCCCO[C@H](CN(C)C(=O)Nc2ccc(C(F)(F)F)cc2)[C@@H](C)CN([C@H](C)CO)C(=O)c2cc(NS(C)(=O)=O)ccc2O1. The van der Waals surface area contributed by atoms with E-state index in [1.165, 1.54) is 41.1 Å². The zero-order valence-corrected chi connectivity index (χ0v) is 27.5. The van der Waals surface area contributed by atoms with Crippen molar-refractivity contribution in [3.63, 3.8) is 0 Å². The van der Waals surface area contributed by atoms with Gasteiger partial charge in [0.25, 0.3) is 5.91 Å². The summed E-state index contributed by atoms with van der Waals surface area (Å²) in [7, 11) is -2.10. The topological polar surface area (TPSA) is 138 Å². The second-order valence-electron chi connectivity index (χ2n) is 11.8. The van der Waals surface area contributed by atoms with Crippen LogP contribution in [0.4, 0.5) is 29.3 Å². The Hall–Kier alpha value is -3.56. The van der Waals surface area contributed by atoms with Crippen molar-refractivity contribution >= 4 is 33.3 Å². The van der Waals surface area contributed by atoms with Crippen LogP contribution in [0.2, 0.25) is 0 Å². The third-order valence-corrected chi connectivity index (χ3v) is 8.23. The summed E-state index contributed by atoms with van der Waals surface area (Å²) in [6, 6.07) is 7.40. The Kier molecular flexibility index (Phi) is 12.7. The molecule has 1 heterocycles. The third kappa shape index (κ3) is 10.8. The summed E-state index contributed by atoms with van der Waals surface area (Å²) >= 11 is 0. The predicted octanol–water partition coefficient (Wildman–Crippen LogP) is 5.04. The van der Waals surface area contributed by atoms with Crippen LogP contribution in [-0.4, -0.2) is 93.1 Å². The van der Waals surface area contributed by atoms with Crippen LogP contribution in [0.3, 0.4) is 0 Å². The van der Waals surface area contributed by atoms with Crippen LogP contribution < -0.4 is 14.8 Å². The summed E-state index contributed by atoms with van der Waals surface area (Å²) in [5.74, 6) is -0.566. The minimum absolute atomic E-state index is 0.0989. The number of hydrogen-bond donors (Lipinski definition) is 3. The first-order chi connectivity index (χ1) is 21.5. The molecule has 0 radical (unpaired) electrons. The second-order valence-corrected chi connectivity index (χ2v) is 13.5. The van der Waals surface area contributed by atoms with Gasteiger partial charge in [0, 0.05) is 44.0 Å². The van der Waals surface area contributed by atoms with Crippen LogP contribution in [0, 0.1) is 5.92 Å². The minimum atomic E-state index is -4.50. The molecule has 15 heteroatoms. The molecule has 0 fully saturated rings. The summed E-state index contributed by atoms with van der Waals surface area (Å²) in [6.45, 7) is 5.62. The molecule has 1 aliphatic heterocycles. The quantitative estimate of drug-likeness (QED) is 0.375. The van der Waals surface area contributed by atoms with Crippen LogP contribution >= 0.6 is 0 Å². The number of alkyl halides is 3. The van der Waals surface area contributed by atoms with Crippen LogP contribution in [0.25, 0.3) is 0 Å². The Morgan fingerprint density at radius 2 is 1.78 bits per heavy atom.